The number of hydrogen-bond acceptors (Lipinski definition) is 3. The summed E-state index contributed by atoms with van der Waals surface area (Å²) in [6, 6.07) is 24.4. The van der Waals surface area contributed by atoms with Gasteiger partial charge in [0.15, 0.2) is 0 Å². The molecule has 0 aromatic heterocycles. The maximum atomic E-state index is 13.0. The highest BCUT2D eigenvalue weighted by Crippen LogP contribution is 2.28. The number of nitrogens with one attached hydrogen (secondary N) is 2. The van der Waals surface area contributed by atoms with E-state index in [0.717, 1.165) is 22.5 Å². The molecule has 0 aliphatic carbocycles. The molecule has 0 bridgehead atoms. The van der Waals surface area contributed by atoms with Crippen LogP contribution in [-0.4, -0.2) is 13.0 Å². The number of carbonyl (C=O) groups excluding carboxylic acids is 1. The third-order valence-corrected chi connectivity index (χ3v) is 4.12. The molecule has 3 aromatic rings. The van der Waals surface area contributed by atoms with Crippen molar-refractivity contribution in [2.75, 3.05) is 17.7 Å². The first-order chi connectivity index (χ1) is 12.7. The Balaban J connectivity index is 1.88. The molecule has 0 heterocycles. The van der Waals surface area contributed by atoms with Crippen LogP contribution < -0.4 is 15.4 Å². The first-order valence-corrected chi connectivity index (χ1v) is 8.49. The summed E-state index contributed by atoms with van der Waals surface area (Å²) >= 11 is 0. The molecule has 4 nitrogen and oxygen atoms in total. The van der Waals surface area contributed by atoms with Crippen LogP contribution >= 0.6 is 0 Å². The van der Waals surface area contributed by atoms with E-state index in [1.165, 1.54) is 0 Å². The second kappa shape index (κ2) is 8.21. The van der Waals surface area contributed by atoms with Gasteiger partial charge in [-0.1, -0.05) is 60.2 Å². The lowest BCUT2D eigenvalue weighted by Gasteiger charge is -2.21. The molecular weight excluding hydrogens is 324 g/mol. The van der Waals surface area contributed by atoms with Crippen molar-refractivity contribution >= 4 is 17.3 Å². The van der Waals surface area contributed by atoms with Crippen LogP contribution in [0.3, 0.4) is 0 Å². The number of para-hydroxylation sites is 2. The fraction of sp³-hybridized carbons (Fsp3) is 0.136. The standard InChI is InChI=1S/C22H22N2O2/c1-16-12-14-18(15-13-16)23-22(25)21(17-8-4-3-5-9-17)24-19-10-6-7-11-20(19)26-2/h3-15,21,24H,1-2H3,(H,23,25)/t21-/m0/s1. The zero-order chi connectivity index (χ0) is 18.4. The number of hydrogen-bond donors (Lipinski definition) is 2. The Hall–Kier alpha value is -3.27. The summed E-state index contributed by atoms with van der Waals surface area (Å²) in [6.45, 7) is 2.02. The monoisotopic (exact) mass is 346 g/mol. The Morgan fingerprint density at radius 2 is 1.54 bits per heavy atom. The largest absolute Gasteiger partial charge is 0.495 e. The van der Waals surface area contributed by atoms with Crippen molar-refractivity contribution in [1.29, 1.82) is 0 Å². The molecule has 26 heavy (non-hydrogen) atoms. The van der Waals surface area contributed by atoms with Gasteiger partial charge in [-0.15, -0.1) is 0 Å². The number of methoxy groups -OCH3 is 1. The molecule has 0 aliphatic rings. The van der Waals surface area contributed by atoms with Crippen LogP contribution in [0.5, 0.6) is 5.75 Å². The van der Waals surface area contributed by atoms with Crippen molar-refractivity contribution in [3.8, 4) is 5.75 Å². The fourth-order valence-electron chi connectivity index (χ4n) is 2.72. The maximum absolute atomic E-state index is 13.0. The van der Waals surface area contributed by atoms with Gasteiger partial charge < -0.3 is 15.4 Å². The molecular formula is C22H22N2O2. The van der Waals surface area contributed by atoms with Crippen LogP contribution in [0.2, 0.25) is 0 Å². The van der Waals surface area contributed by atoms with Crippen molar-refractivity contribution in [1.82, 2.24) is 0 Å². The molecule has 0 fully saturated rings. The fourth-order valence-corrected chi connectivity index (χ4v) is 2.72. The lowest BCUT2D eigenvalue weighted by Crippen LogP contribution is -2.27. The Morgan fingerprint density at radius 1 is 0.885 bits per heavy atom. The molecule has 1 amide bonds. The Kier molecular flexibility index (Phi) is 5.54. The number of rotatable bonds is 6. The molecule has 0 unspecified atom stereocenters. The van der Waals surface area contributed by atoms with Gasteiger partial charge in [0.2, 0.25) is 0 Å². The SMILES string of the molecule is COc1ccccc1N[C@H](C(=O)Nc1ccc(C)cc1)c1ccccc1. The minimum absolute atomic E-state index is 0.133. The smallest absolute Gasteiger partial charge is 0.251 e. The molecule has 0 aliphatic heterocycles. The highest BCUT2D eigenvalue weighted by Gasteiger charge is 2.21. The first kappa shape index (κ1) is 17.5. The Bertz CT molecular complexity index is 861. The van der Waals surface area contributed by atoms with Gasteiger partial charge in [0, 0.05) is 5.69 Å². The van der Waals surface area contributed by atoms with Gasteiger partial charge in [-0.3, -0.25) is 4.79 Å². The van der Waals surface area contributed by atoms with E-state index in [0.29, 0.717) is 5.75 Å². The van der Waals surface area contributed by atoms with E-state index in [9.17, 15) is 4.79 Å². The highest BCUT2D eigenvalue weighted by atomic mass is 16.5. The number of benzene rings is 3. The summed E-state index contributed by atoms with van der Waals surface area (Å²) in [5, 5.41) is 6.29. The summed E-state index contributed by atoms with van der Waals surface area (Å²) in [4.78, 5) is 13.0. The van der Waals surface area contributed by atoms with Gasteiger partial charge >= 0.3 is 0 Å². The lowest BCUT2D eigenvalue weighted by atomic mass is 10.1. The number of carbonyl (C=O) groups is 1. The quantitative estimate of drug-likeness (QED) is 0.674. The van der Waals surface area contributed by atoms with E-state index in [2.05, 4.69) is 10.6 Å². The molecule has 132 valence electrons. The molecule has 1 atom stereocenters. The minimum atomic E-state index is -0.547. The Labute approximate surface area is 153 Å². The third-order valence-electron chi connectivity index (χ3n) is 4.12. The molecule has 0 spiro atoms. The van der Waals surface area contributed by atoms with Gasteiger partial charge in [0.1, 0.15) is 11.8 Å². The summed E-state index contributed by atoms with van der Waals surface area (Å²) in [5.41, 5.74) is 3.56. The Morgan fingerprint density at radius 3 is 2.23 bits per heavy atom. The van der Waals surface area contributed by atoms with Crippen LogP contribution in [0.15, 0.2) is 78.9 Å². The van der Waals surface area contributed by atoms with Crippen molar-refractivity contribution in [2.45, 2.75) is 13.0 Å². The van der Waals surface area contributed by atoms with Crippen LogP contribution in [0.25, 0.3) is 0 Å². The minimum Gasteiger partial charge on any atom is -0.495 e. The van der Waals surface area contributed by atoms with E-state index < -0.39 is 6.04 Å². The topological polar surface area (TPSA) is 50.4 Å². The second-order valence-corrected chi connectivity index (χ2v) is 6.04. The second-order valence-electron chi connectivity index (χ2n) is 6.04. The van der Waals surface area contributed by atoms with Gasteiger partial charge in [-0.25, -0.2) is 0 Å². The zero-order valence-electron chi connectivity index (χ0n) is 14.9. The van der Waals surface area contributed by atoms with Gasteiger partial charge in [0.25, 0.3) is 5.91 Å². The number of ether oxygens (including phenoxy) is 1. The van der Waals surface area contributed by atoms with Crippen LogP contribution in [-0.2, 0) is 4.79 Å². The van der Waals surface area contributed by atoms with E-state index in [1.54, 1.807) is 7.11 Å². The molecule has 4 heteroatoms. The molecule has 3 aromatic carbocycles. The van der Waals surface area contributed by atoms with Crippen molar-refractivity contribution < 1.29 is 9.53 Å². The predicted molar refractivity (Wildman–Crippen MR) is 106 cm³/mol. The van der Waals surface area contributed by atoms with Gasteiger partial charge in [0.05, 0.1) is 12.8 Å². The van der Waals surface area contributed by atoms with Crippen molar-refractivity contribution in [3.05, 3.63) is 90.0 Å². The van der Waals surface area contributed by atoms with E-state index in [-0.39, 0.29) is 5.91 Å². The molecule has 0 saturated carbocycles. The van der Waals surface area contributed by atoms with Gasteiger partial charge in [-0.2, -0.15) is 0 Å². The van der Waals surface area contributed by atoms with E-state index in [1.807, 2.05) is 85.8 Å². The summed E-state index contributed by atoms with van der Waals surface area (Å²) in [6.07, 6.45) is 0. The average Bonchev–Trinajstić information content (AvgIpc) is 2.68. The maximum Gasteiger partial charge on any atom is 0.251 e. The van der Waals surface area contributed by atoms with E-state index >= 15 is 0 Å². The zero-order valence-corrected chi connectivity index (χ0v) is 14.9. The van der Waals surface area contributed by atoms with Gasteiger partial charge in [-0.05, 0) is 36.8 Å². The molecule has 2 N–H and O–H groups in total. The summed E-state index contributed by atoms with van der Waals surface area (Å²) in [7, 11) is 1.62. The number of aryl methyl sites for hydroxylation is 1. The molecule has 0 saturated heterocycles. The highest BCUT2D eigenvalue weighted by molar-refractivity contribution is 5.97. The normalized spacial score (nSPS) is 11.5. The number of amides is 1. The van der Waals surface area contributed by atoms with Crippen LogP contribution in [0.1, 0.15) is 17.2 Å². The summed E-state index contributed by atoms with van der Waals surface area (Å²) in [5.74, 6) is 0.558. The van der Waals surface area contributed by atoms with Crippen LogP contribution in [0, 0.1) is 6.92 Å². The number of anilines is 2. The average molecular weight is 346 g/mol. The first-order valence-electron chi connectivity index (χ1n) is 8.49. The van der Waals surface area contributed by atoms with Crippen molar-refractivity contribution in [2.24, 2.45) is 0 Å². The van der Waals surface area contributed by atoms with E-state index in [4.69, 9.17) is 4.74 Å². The van der Waals surface area contributed by atoms with Crippen LogP contribution in [0.4, 0.5) is 11.4 Å². The lowest BCUT2D eigenvalue weighted by molar-refractivity contribution is -0.117. The molecule has 3 rings (SSSR count). The summed E-state index contributed by atoms with van der Waals surface area (Å²) < 4.78 is 5.40. The predicted octanol–water partition coefficient (Wildman–Crippen LogP) is 4.80. The molecule has 0 radical (unpaired) electrons. The van der Waals surface area contributed by atoms with Crippen molar-refractivity contribution in [3.63, 3.8) is 0 Å². The third kappa shape index (κ3) is 4.22.